The van der Waals surface area contributed by atoms with E-state index in [1.165, 1.54) is 22.2 Å². The van der Waals surface area contributed by atoms with Crippen LogP contribution in [-0.4, -0.2) is 26.6 Å². The normalized spacial score (nSPS) is 10.5. The van der Waals surface area contributed by atoms with Crippen LogP contribution in [0.25, 0.3) is 10.6 Å². The molecule has 24 heavy (non-hydrogen) atoms. The van der Waals surface area contributed by atoms with Gasteiger partial charge in [-0.1, -0.05) is 12.1 Å². The molecule has 0 saturated carbocycles. The molecule has 7 nitrogen and oxygen atoms in total. The Morgan fingerprint density at radius 3 is 2.92 bits per heavy atom. The molecule has 2 aromatic heterocycles. The van der Waals surface area contributed by atoms with Gasteiger partial charge >= 0.3 is 0 Å². The van der Waals surface area contributed by atoms with E-state index in [4.69, 9.17) is 5.73 Å². The third-order valence-electron chi connectivity index (χ3n) is 3.20. The fourth-order valence-corrected chi connectivity index (χ4v) is 2.95. The number of benzene rings is 1. The molecule has 0 aliphatic carbocycles. The molecule has 0 fully saturated rings. The van der Waals surface area contributed by atoms with E-state index in [2.05, 4.69) is 15.4 Å². The maximum absolute atomic E-state index is 12.4. The highest BCUT2D eigenvalue weighted by Gasteiger charge is 2.10. The van der Waals surface area contributed by atoms with Crippen molar-refractivity contribution in [2.45, 2.75) is 13.5 Å². The number of nitrogens with two attached hydrogens (primary N) is 1. The van der Waals surface area contributed by atoms with Crippen LogP contribution in [0.1, 0.15) is 16.1 Å². The summed E-state index contributed by atoms with van der Waals surface area (Å²) in [6.45, 7) is 1.90. The Kier molecular flexibility index (Phi) is 4.39. The van der Waals surface area contributed by atoms with Gasteiger partial charge in [0.15, 0.2) is 0 Å². The lowest BCUT2D eigenvalue weighted by Gasteiger charge is -2.04. The van der Waals surface area contributed by atoms with Crippen molar-refractivity contribution < 1.29 is 9.59 Å². The van der Waals surface area contributed by atoms with E-state index in [0.29, 0.717) is 11.3 Å². The highest BCUT2D eigenvalue weighted by molar-refractivity contribution is 7.13. The minimum absolute atomic E-state index is 0.0330. The minimum atomic E-state index is -0.498. The first-order chi connectivity index (χ1) is 11.5. The number of amides is 2. The van der Waals surface area contributed by atoms with Gasteiger partial charge in [-0.25, -0.2) is 4.98 Å². The molecular weight excluding hydrogens is 326 g/mol. The third kappa shape index (κ3) is 3.66. The monoisotopic (exact) mass is 341 g/mol. The summed E-state index contributed by atoms with van der Waals surface area (Å²) in [5, 5.41) is 9.55. The van der Waals surface area contributed by atoms with E-state index in [0.717, 1.165) is 16.3 Å². The molecule has 3 aromatic rings. The van der Waals surface area contributed by atoms with Crippen LogP contribution >= 0.6 is 11.3 Å². The maximum atomic E-state index is 12.4. The van der Waals surface area contributed by atoms with Crippen molar-refractivity contribution in [1.29, 1.82) is 0 Å². The Hall–Kier alpha value is -3.00. The van der Waals surface area contributed by atoms with Gasteiger partial charge in [0, 0.05) is 28.4 Å². The van der Waals surface area contributed by atoms with E-state index < -0.39 is 5.91 Å². The number of anilines is 1. The summed E-state index contributed by atoms with van der Waals surface area (Å²) in [6.07, 6.45) is 3.02. The molecule has 2 heterocycles. The van der Waals surface area contributed by atoms with Crippen LogP contribution in [0, 0.1) is 6.92 Å². The molecule has 0 atom stereocenters. The first kappa shape index (κ1) is 15.9. The van der Waals surface area contributed by atoms with Crippen LogP contribution in [0.2, 0.25) is 0 Å². The van der Waals surface area contributed by atoms with Gasteiger partial charge < -0.3 is 11.1 Å². The van der Waals surface area contributed by atoms with Crippen molar-refractivity contribution in [3.8, 4) is 10.6 Å². The number of carbonyl (C=O) groups is 2. The second kappa shape index (κ2) is 6.63. The molecule has 0 unspecified atom stereocenters. The Labute approximate surface area is 142 Å². The Balaban J connectivity index is 1.75. The van der Waals surface area contributed by atoms with Crippen LogP contribution in [0.3, 0.4) is 0 Å². The molecule has 8 heteroatoms. The maximum Gasteiger partial charge on any atom is 0.255 e. The Morgan fingerprint density at radius 1 is 1.38 bits per heavy atom. The van der Waals surface area contributed by atoms with Gasteiger partial charge in [-0.15, -0.1) is 11.3 Å². The zero-order valence-corrected chi connectivity index (χ0v) is 13.7. The van der Waals surface area contributed by atoms with E-state index in [1.807, 2.05) is 24.4 Å². The number of hydrogen-bond donors (Lipinski definition) is 2. The van der Waals surface area contributed by atoms with Gasteiger partial charge in [0.25, 0.3) is 5.91 Å². The number of rotatable bonds is 5. The molecule has 0 aliphatic rings. The van der Waals surface area contributed by atoms with Crippen molar-refractivity contribution in [3.63, 3.8) is 0 Å². The number of carbonyl (C=O) groups excluding carboxylic acids is 2. The van der Waals surface area contributed by atoms with Crippen molar-refractivity contribution >= 4 is 28.8 Å². The summed E-state index contributed by atoms with van der Waals surface area (Å²) < 4.78 is 1.37. The third-order valence-corrected chi connectivity index (χ3v) is 4.21. The Bertz CT molecular complexity index is 899. The molecule has 0 spiro atoms. The number of nitrogens with one attached hydrogen (secondary N) is 1. The molecule has 0 aliphatic heterocycles. The van der Waals surface area contributed by atoms with Crippen LogP contribution in [-0.2, 0) is 11.3 Å². The van der Waals surface area contributed by atoms with Crippen LogP contribution < -0.4 is 11.1 Å². The fourth-order valence-electron chi connectivity index (χ4n) is 2.16. The second-order valence-corrected chi connectivity index (χ2v) is 6.08. The lowest BCUT2D eigenvalue weighted by Crippen LogP contribution is -2.18. The predicted octanol–water partition coefficient (Wildman–Crippen LogP) is 2.05. The molecule has 2 amide bonds. The fraction of sp³-hybridized carbons (Fsp3) is 0.125. The highest BCUT2D eigenvalue weighted by atomic mass is 32.1. The van der Waals surface area contributed by atoms with Gasteiger partial charge in [-0.3, -0.25) is 14.3 Å². The summed E-state index contributed by atoms with van der Waals surface area (Å²) >= 11 is 1.54. The molecule has 122 valence electrons. The number of aromatic nitrogens is 3. The number of aryl methyl sites for hydroxylation is 1. The highest BCUT2D eigenvalue weighted by Crippen LogP contribution is 2.24. The number of hydrogen-bond acceptors (Lipinski definition) is 5. The lowest BCUT2D eigenvalue weighted by atomic mass is 10.1. The SMILES string of the molecule is Cc1csc(-c2cccc(C(=O)Nc3cnn(CC(N)=O)c3)c2)n1. The van der Waals surface area contributed by atoms with Crippen molar-refractivity contribution in [2.75, 3.05) is 5.32 Å². The van der Waals surface area contributed by atoms with Crippen LogP contribution in [0.5, 0.6) is 0 Å². The molecule has 0 radical (unpaired) electrons. The average molecular weight is 341 g/mol. The average Bonchev–Trinajstić information content (AvgIpc) is 3.16. The van der Waals surface area contributed by atoms with Crippen LogP contribution in [0.4, 0.5) is 5.69 Å². The van der Waals surface area contributed by atoms with Crippen molar-refractivity contribution in [1.82, 2.24) is 14.8 Å². The summed E-state index contributed by atoms with van der Waals surface area (Å²) in [5.41, 5.74) is 7.97. The van der Waals surface area contributed by atoms with Gasteiger partial charge in [0.1, 0.15) is 11.6 Å². The molecule has 3 N–H and O–H groups in total. The molecule has 0 saturated heterocycles. The van der Waals surface area contributed by atoms with Gasteiger partial charge in [-0.05, 0) is 19.1 Å². The van der Waals surface area contributed by atoms with Gasteiger partial charge in [-0.2, -0.15) is 5.10 Å². The largest absolute Gasteiger partial charge is 0.368 e. The molecule has 0 bridgehead atoms. The predicted molar refractivity (Wildman–Crippen MR) is 91.7 cm³/mol. The van der Waals surface area contributed by atoms with E-state index in [-0.39, 0.29) is 12.5 Å². The number of thiazole rings is 1. The number of nitrogens with zero attached hydrogens (tertiary/aromatic N) is 3. The number of primary amides is 1. The molecule has 1 aromatic carbocycles. The lowest BCUT2D eigenvalue weighted by molar-refractivity contribution is -0.118. The van der Waals surface area contributed by atoms with Crippen molar-refractivity contribution in [2.24, 2.45) is 5.73 Å². The topological polar surface area (TPSA) is 103 Å². The summed E-state index contributed by atoms with van der Waals surface area (Å²) in [7, 11) is 0. The first-order valence-corrected chi connectivity index (χ1v) is 8.04. The van der Waals surface area contributed by atoms with Gasteiger partial charge in [0.2, 0.25) is 5.91 Å². The summed E-state index contributed by atoms with van der Waals surface area (Å²) in [6, 6.07) is 7.26. The molecule has 3 rings (SSSR count). The van der Waals surface area contributed by atoms with Crippen molar-refractivity contribution in [3.05, 3.63) is 53.3 Å². The second-order valence-electron chi connectivity index (χ2n) is 5.22. The van der Waals surface area contributed by atoms with E-state index in [9.17, 15) is 9.59 Å². The Morgan fingerprint density at radius 2 is 2.21 bits per heavy atom. The molecular formula is C16H15N5O2S. The van der Waals surface area contributed by atoms with E-state index in [1.54, 1.807) is 18.3 Å². The minimum Gasteiger partial charge on any atom is -0.368 e. The zero-order valence-electron chi connectivity index (χ0n) is 12.9. The first-order valence-electron chi connectivity index (χ1n) is 7.16. The van der Waals surface area contributed by atoms with Gasteiger partial charge in [0.05, 0.1) is 11.9 Å². The smallest absolute Gasteiger partial charge is 0.255 e. The summed E-state index contributed by atoms with van der Waals surface area (Å²) in [5.74, 6) is -0.758. The summed E-state index contributed by atoms with van der Waals surface area (Å²) in [4.78, 5) is 27.7. The zero-order chi connectivity index (χ0) is 17.1. The van der Waals surface area contributed by atoms with E-state index >= 15 is 0 Å². The standard InChI is InChI=1S/C16H15N5O2S/c1-10-9-24-16(19-10)12-4-2-3-11(5-12)15(23)20-13-6-18-21(7-13)8-14(17)22/h2-7,9H,8H2,1H3,(H2,17,22)(H,20,23). The quantitative estimate of drug-likeness (QED) is 0.741. The van der Waals surface area contributed by atoms with Crippen LogP contribution in [0.15, 0.2) is 42.0 Å².